The van der Waals surface area contributed by atoms with Crippen LogP contribution in [0.4, 0.5) is 0 Å². The van der Waals surface area contributed by atoms with Crippen LogP contribution < -0.4 is 10.1 Å². The summed E-state index contributed by atoms with van der Waals surface area (Å²) in [4.78, 5) is 40.0. The van der Waals surface area contributed by atoms with Gasteiger partial charge in [0.1, 0.15) is 5.92 Å². The van der Waals surface area contributed by atoms with Crippen LogP contribution in [0.5, 0.6) is 11.5 Å². The second-order valence-electron chi connectivity index (χ2n) is 7.55. The molecule has 0 unspecified atom stereocenters. The monoisotopic (exact) mass is 441 g/mol. The highest BCUT2D eigenvalue weighted by molar-refractivity contribution is 7.10. The molecule has 7 nitrogen and oxygen atoms in total. The fourth-order valence-electron chi connectivity index (χ4n) is 4.42. The van der Waals surface area contributed by atoms with Gasteiger partial charge in [-0.3, -0.25) is 14.4 Å². The van der Waals surface area contributed by atoms with E-state index < -0.39 is 23.7 Å². The lowest BCUT2D eigenvalue weighted by Gasteiger charge is -2.37. The molecule has 1 aromatic heterocycles. The number of benzene rings is 1. The van der Waals surface area contributed by atoms with Crippen molar-refractivity contribution in [1.82, 2.24) is 5.32 Å². The van der Waals surface area contributed by atoms with Gasteiger partial charge in [0, 0.05) is 34.4 Å². The number of methoxy groups -OCH3 is 1. The SMILES string of the molecule is CCOC(=O)[C@@H]1C(=O)C2=C(C[C@@H]1c1cccs1)NC(=O)C[C@H]2c1ccc(O)c(OC)c1. The Balaban J connectivity index is 1.81. The highest BCUT2D eigenvalue weighted by Gasteiger charge is 2.48. The zero-order chi connectivity index (χ0) is 22.1. The van der Waals surface area contributed by atoms with E-state index in [1.165, 1.54) is 24.5 Å². The van der Waals surface area contributed by atoms with Gasteiger partial charge in [-0.2, -0.15) is 0 Å². The molecule has 1 aromatic carbocycles. The number of hydrogen-bond acceptors (Lipinski definition) is 7. The molecule has 8 heteroatoms. The van der Waals surface area contributed by atoms with Gasteiger partial charge in [-0.1, -0.05) is 12.1 Å². The van der Waals surface area contributed by atoms with Crippen LogP contribution in [0.1, 0.15) is 42.0 Å². The number of ketones is 1. The molecule has 2 heterocycles. The number of amides is 1. The Bertz CT molecular complexity index is 1060. The van der Waals surface area contributed by atoms with Gasteiger partial charge >= 0.3 is 5.97 Å². The van der Waals surface area contributed by atoms with Crippen molar-refractivity contribution in [2.75, 3.05) is 13.7 Å². The lowest BCUT2D eigenvalue weighted by molar-refractivity contribution is -0.152. The van der Waals surface area contributed by atoms with E-state index >= 15 is 0 Å². The number of hydrogen-bond donors (Lipinski definition) is 2. The third-order valence-electron chi connectivity index (χ3n) is 5.78. The van der Waals surface area contributed by atoms with E-state index in [4.69, 9.17) is 9.47 Å². The molecule has 2 N–H and O–H groups in total. The number of carbonyl (C=O) groups excluding carboxylic acids is 3. The summed E-state index contributed by atoms with van der Waals surface area (Å²) >= 11 is 1.47. The molecular weight excluding hydrogens is 418 g/mol. The van der Waals surface area contributed by atoms with Crippen LogP contribution in [0.15, 0.2) is 47.0 Å². The Labute approximate surface area is 183 Å². The highest BCUT2D eigenvalue weighted by Crippen LogP contribution is 2.47. The van der Waals surface area contributed by atoms with E-state index in [1.807, 2.05) is 17.5 Å². The topological polar surface area (TPSA) is 102 Å². The van der Waals surface area contributed by atoms with Crippen molar-refractivity contribution in [2.45, 2.75) is 31.6 Å². The number of Topliss-reactive ketones (excluding diaryl/α,β-unsaturated/α-hetero) is 1. The summed E-state index contributed by atoms with van der Waals surface area (Å²) in [7, 11) is 1.44. The van der Waals surface area contributed by atoms with Crippen molar-refractivity contribution < 1.29 is 29.0 Å². The van der Waals surface area contributed by atoms with Gasteiger partial charge in [-0.15, -0.1) is 11.3 Å². The summed E-state index contributed by atoms with van der Waals surface area (Å²) in [6.45, 7) is 1.89. The number of ether oxygens (including phenoxy) is 2. The number of phenolic OH excluding ortho intramolecular Hbond substituents is 1. The minimum absolute atomic E-state index is 0.0298. The summed E-state index contributed by atoms with van der Waals surface area (Å²) in [6.07, 6.45) is 0.431. The first-order valence-corrected chi connectivity index (χ1v) is 11.0. The van der Waals surface area contributed by atoms with Crippen molar-refractivity contribution in [2.24, 2.45) is 5.92 Å². The predicted octanol–water partition coefficient (Wildman–Crippen LogP) is 3.26. The Morgan fingerprint density at radius 2 is 2.06 bits per heavy atom. The first-order chi connectivity index (χ1) is 14.9. The maximum atomic E-state index is 13.7. The van der Waals surface area contributed by atoms with E-state index in [0.29, 0.717) is 23.3 Å². The van der Waals surface area contributed by atoms with Crippen LogP contribution >= 0.6 is 11.3 Å². The zero-order valence-corrected chi connectivity index (χ0v) is 18.0. The number of aromatic hydroxyl groups is 1. The molecule has 0 radical (unpaired) electrons. The van der Waals surface area contributed by atoms with Crippen molar-refractivity contribution in [3.8, 4) is 11.5 Å². The zero-order valence-electron chi connectivity index (χ0n) is 17.2. The summed E-state index contributed by atoms with van der Waals surface area (Å²) in [5, 5.41) is 14.7. The molecule has 0 spiro atoms. The molecule has 1 aliphatic heterocycles. The minimum Gasteiger partial charge on any atom is -0.504 e. The normalized spacial score (nSPS) is 23.2. The standard InChI is InChI=1S/C23H23NO6S/c1-3-30-23(28)21-14(18-5-4-8-31-18)10-15-20(22(21)27)13(11-19(26)24-15)12-6-7-16(25)17(9-12)29-2/h4-9,13-14,21,25H,3,10-11H2,1-2H3,(H,24,26)/t13-,14+,21-/m0/s1. The number of esters is 1. The van der Waals surface area contributed by atoms with Crippen LogP contribution in [0.3, 0.4) is 0 Å². The third kappa shape index (κ3) is 3.83. The molecule has 0 saturated carbocycles. The Morgan fingerprint density at radius 1 is 1.26 bits per heavy atom. The number of thiophene rings is 1. The molecule has 0 fully saturated rings. The van der Waals surface area contributed by atoms with Crippen molar-refractivity contribution in [3.63, 3.8) is 0 Å². The molecule has 3 atom stereocenters. The second-order valence-corrected chi connectivity index (χ2v) is 8.53. The molecule has 1 aliphatic carbocycles. The first-order valence-electron chi connectivity index (χ1n) is 10.1. The third-order valence-corrected chi connectivity index (χ3v) is 6.79. The largest absolute Gasteiger partial charge is 0.504 e. The van der Waals surface area contributed by atoms with E-state index in [-0.39, 0.29) is 36.2 Å². The van der Waals surface area contributed by atoms with E-state index in [9.17, 15) is 19.5 Å². The molecule has 0 saturated heterocycles. The number of phenols is 1. The smallest absolute Gasteiger partial charge is 0.317 e. The van der Waals surface area contributed by atoms with Crippen LogP contribution in [0, 0.1) is 5.92 Å². The number of rotatable bonds is 5. The Kier molecular flexibility index (Phi) is 5.82. The number of carbonyl (C=O) groups is 3. The lowest BCUT2D eigenvalue weighted by Crippen LogP contribution is -2.44. The number of nitrogens with one attached hydrogen (secondary N) is 1. The first kappa shape index (κ1) is 21.1. The van der Waals surface area contributed by atoms with Gasteiger partial charge in [-0.05, 0) is 42.5 Å². The van der Waals surface area contributed by atoms with Gasteiger partial charge in [0.15, 0.2) is 17.3 Å². The molecular formula is C23H23NO6S. The fraction of sp³-hybridized carbons (Fsp3) is 0.348. The minimum atomic E-state index is -0.964. The van der Waals surface area contributed by atoms with Gasteiger partial charge in [0.05, 0.1) is 13.7 Å². The summed E-state index contributed by atoms with van der Waals surface area (Å²) in [5.41, 5.74) is 1.65. The van der Waals surface area contributed by atoms with Crippen molar-refractivity contribution in [1.29, 1.82) is 0 Å². The van der Waals surface area contributed by atoms with Crippen molar-refractivity contribution in [3.05, 3.63) is 57.4 Å². The maximum absolute atomic E-state index is 13.7. The Morgan fingerprint density at radius 3 is 2.74 bits per heavy atom. The predicted molar refractivity (Wildman–Crippen MR) is 114 cm³/mol. The highest BCUT2D eigenvalue weighted by atomic mass is 32.1. The molecule has 2 aromatic rings. The Hall–Kier alpha value is -3.13. The van der Waals surface area contributed by atoms with Crippen LogP contribution in [-0.4, -0.2) is 36.5 Å². The van der Waals surface area contributed by atoms with Gasteiger partial charge < -0.3 is 19.9 Å². The van der Waals surface area contributed by atoms with Crippen molar-refractivity contribution >= 4 is 29.0 Å². The van der Waals surface area contributed by atoms with E-state index in [1.54, 1.807) is 19.1 Å². The summed E-state index contributed by atoms with van der Waals surface area (Å²) in [6, 6.07) is 8.55. The van der Waals surface area contributed by atoms with Crippen LogP contribution in [-0.2, 0) is 19.1 Å². The fourth-order valence-corrected chi connectivity index (χ4v) is 5.29. The summed E-state index contributed by atoms with van der Waals surface area (Å²) in [5.74, 6) is -2.72. The quantitative estimate of drug-likeness (QED) is 0.546. The maximum Gasteiger partial charge on any atom is 0.317 e. The average Bonchev–Trinajstić information content (AvgIpc) is 3.28. The molecule has 1 amide bonds. The average molecular weight is 442 g/mol. The molecule has 2 aliphatic rings. The van der Waals surface area contributed by atoms with E-state index in [2.05, 4.69) is 5.32 Å². The second kappa shape index (κ2) is 8.55. The molecule has 0 bridgehead atoms. The molecule has 4 rings (SSSR count). The lowest BCUT2D eigenvalue weighted by atomic mass is 9.69. The van der Waals surface area contributed by atoms with Gasteiger partial charge in [0.2, 0.25) is 5.91 Å². The molecule has 162 valence electrons. The van der Waals surface area contributed by atoms with E-state index in [0.717, 1.165) is 4.88 Å². The number of allylic oxidation sites excluding steroid dienone is 2. The van der Waals surface area contributed by atoms with Gasteiger partial charge in [-0.25, -0.2) is 0 Å². The molecule has 31 heavy (non-hydrogen) atoms. The summed E-state index contributed by atoms with van der Waals surface area (Å²) < 4.78 is 10.5. The van der Waals surface area contributed by atoms with Gasteiger partial charge in [0.25, 0.3) is 0 Å². The van der Waals surface area contributed by atoms with Crippen LogP contribution in [0.25, 0.3) is 0 Å². The van der Waals surface area contributed by atoms with Crippen LogP contribution in [0.2, 0.25) is 0 Å².